The predicted molar refractivity (Wildman–Crippen MR) is 91.8 cm³/mol. The second-order valence-electron chi connectivity index (χ2n) is 7.06. The number of aromatic nitrogens is 2. The number of amides is 1. The lowest BCUT2D eigenvalue weighted by molar-refractivity contribution is 0.0755. The predicted octanol–water partition coefficient (Wildman–Crippen LogP) is 3.04. The van der Waals surface area contributed by atoms with Crippen molar-refractivity contribution in [1.29, 1.82) is 0 Å². The minimum Gasteiger partial charge on any atom is -0.356 e. The van der Waals surface area contributed by atoms with Crippen LogP contribution < -0.4 is 4.90 Å². The van der Waals surface area contributed by atoms with E-state index in [1.807, 2.05) is 17.9 Å². The molecule has 23 heavy (non-hydrogen) atoms. The van der Waals surface area contributed by atoms with Crippen molar-refractivity contribution in [3.63, 3.8) is 0 Å². The van der Waals surface area contributed by atoms with Crippen LogP contribution in [-0.2, 0) is 0 Å². The minimum absolute atomic E-state index is 0.0729. The highest BCUT2D eigenvalue weighted by Crippen LogP contribution is 2.22. The van der Waals surface area contributed by atoms with E-state index >= 15 is 0 Å². The lowest BCUT2D eigenvalue weighted by Gasteiger charge is -2.32. The number of aryl methyl sites for hydroxylation is 1. The van der Waals surface area contributed by atoms with E-state index in [2.05, 4.69) is 21.8 Å². The third-order valence-electron chi connectivity index (χ3n) is 4.92. The Morgan fingerprint density at radius 1 is 1.09 bits per heavy atom. The highest BCUT2D eigenvalue weighted by Gasteiger charge is 2.22. The molecule has 3 rings (SSSR count). The van der Waals surface area contributed by atoms with E-state index in [0.717, 1.165) is 44.8 Å². The fourth-order valence-corrected chi connectivity index (χ4v) is 3.66. The van der Waals surface area contributed by atoms with Crippen LogP contribution in [0.2, 0.25) is 0 Å². The average molecular weight is 316 g/mol. The van der Waals surface area contributed by atoms with Gasteiger partial charge in [0.1, 0.15) is 17.3 Å². The maximum atomic E-state index is 12.8. The van der Waals surface area contributed by atoms with E-state index in [1.54, 1.807) is 0 Å². The van der Waals surface area contributed by atoms with Crippen LogP contribution in [0, 0.1) is 12.8 Å². The summed E-state index contributed by atoms with van der Waals surface area (Å²) in [5, 5.41) is 0. The summed E-state index contributed by atoms with van der Waals surface area (Å²) < 4.78 is 0. The Morgan fingerprint density at radius 3 is 2.52 bits per heavy atom. The van der Waals surface area contributed by atoms with Gasteiger partial charge in [-0.2, -0.15) is 0 Å². The van der Waals surface area contributed by atoms with Crippen molar-refractivity contribution in [2.24, 2.45) is 5.92 Å². The third-order valence-corrected chi connectivity index (χ3v) is 4.92. The first-order valence-corrected chi connectivity index (χ1v) is 9.03. The molecule has 2 fully saturated rings. The summed E-state index contributed by atoms with van der Waals surface area (Å²) in [6.07, 6.45) is 7.13. The second-order valence-corrected chi connectivity index (χ2v) is 7.06. The van der Waals surface area contributed by atoms with Crippen LogP contribution in [-0.4, -0.2) is 47.0 Å². The first-order chi connectivity index (χ1) is 11.1. The molecule has 1 aromatic rings. The molecule has 1 amide bonds. The van der Waals surface area contributed by atoms with Crippen LogP contribution in [0.3, 0.4) is 0 Å². The third kappa shape index (κ3) is 4.01. The Bertz CT molecular complexity index is 552. The first-order valence-electron chi connectivity index (χ1n) is 9.03. The first kappa shape index (κ1) is 16.2. The van der Waals surface area contributed by atoms with Gasteiger partial charge in [0.05, 0.1) is 0 Å². The molecule has 0 aromatic carbocycles. The minimum atomic E-state index is 0.0729. The maximum Gasteiger partial charge on any atom is 0.272 e. The maximum absolute atomic E-state index is 12.8. The molecule has 1 aromatic heterocycles. The van der Waals surface area contributed by atoms with Crippen molar-refractivity contribution < 1.29 is 4.79 Å². The van der Waals surface area contributed by atoms with E-state index in [0.29, 0.717) is 17.4 Å². The van der Waals surface area contributed by atoms with Crippen molar-refractivity contribution >= 4 is 11.7 Å². The van der Waals surface area contributed by atoms with Crippen molar-refractivity contribution in [2.45, 2.75) is 52.4 Å². The summed E-state index contributed by atoms with van der Waals surface area (Å²) in [6, 6.07) is 1.90. The van der Waals surface area contributed by atoms with E-state index in [4.69, 9.17) is 0 Å². The Labute approximate surface area is 139 Å². The number of piperidine rings is 1. The van der Waals surface area contributed by atoms with Gasteiger partial charge in [0.15, 0.2) is 0 Å². The fraction of sp³-hybridized carbons (Fsp3) is 0.722. The Kier molecular flexibility index (Phi) is 5.13. The number of rotatable bonds is 2. The largest absolute Gasteiger partial charge is 0.356 e. The molecule has 5 nitrogen and oxygen atoms in total. The highest BCUT2D eigenvalue weighted by molar-refractivity contribution is 5.93. The van der Waals surface area contributed by atoms with Gasteiger partial charge in [0, 0.05) is 32.2 Å². The van der Waals surface area contributed by atoms with Crippen molar-refractivity contribution in [3.8, 4) is 0 Å². The molecule has 126 valence electrons. The molecule has 0 radical (unpaired) electrons. The van der Waals surface area contributed by atoms with Gasteiger partial charge in [-0.05, 0) is 38.5 Å². The van der Waals surface area contributed by atoms with Crippen LogP contribution in [0.1, 0.15) is 61.8 Å². The molecule has 0 bridgehead atoms. The molecule has 0 aliphatic carbocycles. The molecule has 5 heteroatoms. The molecule has 0 saturated carbocycles. The number of hydrogen-bond acceptors (Lipinski definition) is 4. The molecule has 2 aliphatic heterocycles. The van der Waals surface area contributed by atoms with Crippen molar-refractivity contribution in [3.05, 3.63) is 17.6 Å². The zero-order valence-electron chi connectivity index (χ0n) is 14.4. The van der Waals surface area contributed by atoms with Crippen LogP contribution >= 0.6 is 0 Å². The van der Waals surface area contributed by atoms with Crippen LogP contribution in [0.4, 0.5) is 5.82 Å². The van der Waals surface area contributed by atoms with Crippen LogP contribution in [0.15, 0.2) is 6.07 Å². The topological polar surface area (TPSA) is 49.3 Å². The Morgan fingerprint density at radius 2 is 1.83 bits per heavy atom. The van der Waals surface area contributed by atoms with E-state index < -0.39 is 0 Å². The highest BCUT2D eigenvalue weighted by atomic mass is 16.2. The fourth-order valence-electron chi connectivity index (χ4n) is 3.66. The molecule has 1 atom stereocenters. The number of carbonyl (C=O) groups is 1. The standard InChI is InChI=1S/C18H28N4O/c1-14-8-7-11-22(13-14)17-12-16(19-15(2)20-17)18(23)21-9-5-3-4-6-10-21/h12,14H,3-11,13H2,1-2H3. The molecule has 3 heterocycles. The van der Waals surface area contributed by atoms with Crippen LogP contribution in [0.25, 0.3) is 0 Å². The molecule has 1 unspecified atom stereocenters. The quantitative estimate of drug-likeness (QED) is 0.841. The van der Waals surface area contributed by atoms with Gasteiger partial charge in [-0.25, -0.2) is 9.97 Å². The van der Waals surface area contributed by atoms with Gasteiger partial charge in [-0.3, -0.25) is 4.79 Å². The van der Waals surface area contributed by atoms with Crippen LogP contribution in [0.5, 0.6) is 0 Å². The van der Waals surface area contributed by atoms with Gasteiger partial charge < -0.3 is 9.80 Å². The van der Waals surface area contributed by atoms with Gasteiger partial charge >= 0.3 is 0 Å². The lowest BCUT2D eigenvalue weighted by Crippen LogP contribution is -2.36. The van der Waals surface area contributed by atoms with Crippen molar-refractivity contribution in [1.82, 2.24) is 14.9 Å². The average Bonchev–Trinajstić information content (AvgIpc) is 2.83. The normalized spacial score (nSPS) is 22.8. The molecule has 0 N–H and O–H groups in total. The van der Waals surface area contributed by atoms with Gasteiger partial charge in [0.2, 0.25) is 0 Å². The summed E-state index contributed by atoms with van der Waals surface area (Å²) in [6.45, 7) is 7.93. The summed E-state index contributed by atoms with van der Waals surface area (Å²) in [4.78, 5) is 26.1. The van der Waals surface area contributed by atoms with E-state index in [1.165, 1.54) is 25.7 Å². The summed E-state index contributed by atoms with van der Waals surface area (Å²) in [7, 11) is 0. The number of nitrogens with zero attached hydrogens (tertiary/aromatic N) is 4. The zero-order valence-corrected chi connectivity index (χ0v) is 14.4. The van der Waals surface area contributed by atoms with E-state index in [9.17, 15) is 4.79 Å². The molecular formula is C18H28N4O. The number of carbonyl (C=O) groups excluding carboxylic acids is 1. The van der Waals surface area contributed by atoms with Gasteiger partial charge in [-0.15, -0.1) is 0 Å². The molecule has 2 saturated heterocycles. The van der Waals surface area contributed by atoms with Gasteiger partial charge in [0.25, 0.3) is 5.91 Å². The summed E-state index contributed by atoms with van der Waals surface area (Å²) in [5.41, 5.74) is 0.563. The number of hydrogen-bond donors (Lipinski definition) is 0. The van der Waals surface area contributed by atoms with Crippen molar-refractivity contribution in [2.75, 3.05) is 31.1 Å². The smallest absolute Gasteiger partial charge is 0.272 e. The zero-order chi connectivity index (χ0) is 16.2. The molecular weight excluding hydrogens is 288 g/mol. The molecule has 0 spiro atoms. The SMILES string of the molecule is Cc1nc(C(=O)N2CCCCCC2)cc(N2CCCC(C)C2)n1. The number of anilines is 1. The number of likely N-dealkylation sites (tertiary alicyclic amines) is 1. The Hall–Kier alpha value is -1.65. The lowest BCUT2D eigenvalue weighted by atomic mass is 10.0. The van der Waals surface area contributed by atoms with Gasteiger partial charge in [-0.1, -0.05) is 19.8 Å². The summed E-state index contributed by atoms with van der Waals surface area (Å²) >= 11 is 0. The molecule has 2 aliphatic rings. The Balaban J connectivity index is 1.80. The summed E-state index contributed by atoms with van der Waals surface area (Å²) in [5.74, 6) is 2.37. The van der Waals surface area contributed by atoms with E-state index in [-0.39, 0.29) is 5.91 Å². The second kappa shape index (κ2) is 7.28. The monoisotopic (exact) mass is 316 g/mol.